The van der Waals surface area contributed by atoms with Crippen molar-refractivity contribution in [3.8, 4) is 0 Å². The van der Waals surface area contributed by atoms with Crippen LogP contribution in [0.25, 0.3) is 0 Å². The second kappa shape index (κ2) is 2.75. The molecule has 0 unspecified atom stereocenters. The summed E-state index contributed by atoms with van der Waals surface area (Å²) in [6.45, 7) is 1.57. The average Bonchev–Trinajstić information content (AvgIpc) is 2.16. The standard InChI is InChI=1S/C6H9NO3S/c1-5-7-3-6(4-10-2)11(5,8)9/h3H,4H2,1-2H3. The van der Waals surface area contributed by atoms with E-state index >= 15 is 0 Å². The Bertz CT molecular complexity index is 313. The molecule has 4 nitrogen and oxygen atoms in total. The largest absolute Gasteiger partial charge is 0.379 e. The van der Waals surface area contributed by atoms with Gasteiger partial charge in [-0.1, -0.05) is 0 Å². The molecule has 5 heteroatoms. The van der Waals surface area contributed by atoms with Gasteiger partial charge in [-0.3, -0.25) is 0 Å². The molecule has 0 aromatic carbocycles. The van der Waals surface area contributed by atoms with E-state index < -0.39 is 9.84 Å². The highest BCUT2D eigenvalue weighted by molar-refractivity contribution is 8.09. The van der Waals surface area contributed by atoms with Crippen LogP contribution in [0.1, 0.15) is 6.92 Å². The maximum absolute atomic E-state index is 11.2. The molecule has 0 aromatic heterocycles. The molecule has 0 bridgehead atoms. The van der Waals surface area contributed by atoms with Crippen molar-refractivity contribution in [2.75, 3.05) is 13.7 Å². The van der Waals surface area contributed by atoms with Crippen LogP contribution in [0.3, 0.4) is 0 Å². The molecule has 11 heavy (non-hydrogen) atoms. The highest BCUT2D eigenvalue weighted by Crippen LogP contribution is 2.16. The Hall–Kier alpha value is -0.680. The molecule has 1 aliphatic rings. The highest BCUT2D eigenvalue weighted by Gasteiger charge is 2.25. The molecular weight excluding hydrogens is 166 g/mol. The molecule has 1 aliphatic heterocycles. The van der Waals surface area contributed by atoms with Crippen LogP contribution in [0.2, 0.25) is 0 Å². The van der Waals surface area contributed by atoms with Gasteiger partial charge in [-0.25, -0.2) is 13.4 Å². The van der Waals surface area contributed by atoms with Crippen molar-refractivity contribution in [2.45, 2.75) is 6.92 Å². The summed E-state index contributed by atoms with van der Waals surface area (Å²) in [7, 11) is -1.79. The summed E-state index contributed by atoms with van der Waals surface area (Å²) >= 11 is 0. The van der Waals surface area contributed by atoms with Crippen molar-refractivity contribution in [3.63, 3.8) is 0 Å². The highest BCUT2D eigenvalue weighted by atomic mass is 32.2. The van der Waals surface area contributed by atoms with Gasteiger partial charge in [-0.15, -0.1) is 0 Å². The minimum Gasteiger partial charge on any atom is -0.379 e. The van der Waals surface area contributed by atoms with E-state index in [0.29, 0.717) is 0 Å². The molecule has 1 heterocycles. The van der Waals surface area contributed by atoms with Crippen LogP contribution in [0.5, 0.6) is 0 Å². The lowest BCUT2D eigenvalue weighted by atomic mass is 10.6. The van der Waals surface area contributed by atoms with Gasteiger partial charge in [-0.2, -0.15) is 0 Å². The lowest BCUT2D eigenvalue weighted by molar-refractivity contribution is 0.230. The van der Waals surface area contributed by atoms with Crippen molar-refractivity contribution < 1.29 is 13.2 Å². The van der Waals surface area contributed by atoms with E-state index in [-0.39, 0.29) is 16.6 Å². The number of sulfone groups is 1. The fraction of sp³-hybridized carbons (Fsp3) is 0.500. The van der Waals surface area contributed by atoms with E-state index in [9.17, 15) is 8.42 Å². The summed E-state index contributed by atoms with van der Waals surface area (Å²) in [5.41, 5.74) is 0. The molecule has 0 spiro atoms. The number of hydrogen-bond acceptors (Lipinski definition) is 4. The molecule has 0 saturated carbocycles. The molecule has 0 saturated heterocycles. The predicted octanol–water partition coefficient (Wildman–Crippen LogP) is 0.321. The minimum atomic E-state index is -3.24. The van der Waals surface area contributed by atoms with Crippen molar-refractivity contribution in [1.82, 2.24) is 0 Å². The maximum Gasteiger partial charge on any atom is 0.219 e. The molecule has 0 aromatic rings. The van der Waals surface area contributed by atoms with Crippen molar-refractivity contribution in [3.05, 3.63) is 11.1 Å². The number of hydrogen-bond donors (Lipinski definition) is 0. The van der Waals surface area contributed by atoms with Gasteiger partial charge in [0.1, 0.15) is 5.04 Å². The summed E-state index contributed by atoms with van der Waals surface area (Å²) in [4.78, 5) is 3.91. The van der Waals surface area contributed by atoms with Crippen LogP contribution in [-0.2, 0) is 14.6 Å². The fourth-order valence-corrected chi connectivity index (χ4v) is 1.78. The van der Waals surface area contributed by atoms with E-state index in [1.165, 1.54) is 20.2 Å². The Morgan fingerprint density at radius 3 is 2.64 bits per heavy atom. The Balaban J connectivity index is 2.93. The summed E-state index contributed by atoms with van der Waals surface area (Å²) in [6, 6.07) is 0. The second-order valence-corrected chi connectivity index (χ2v) is 4.30. The topological polar surface area (TPSA) is 55.7 Å². The van der Waals surface area contributed by atoms with Crippen LogP contribution in [0.15, 0.2) is 16.1 Å². The zero-order valence-corrected chi connectivity index (χ0v) is 7.18. The first-order chi connectivity index (χ1) is 5.09. The quantitative estimate of drug-likeness (QED) is 0.607. The lowest BCUT2D eigenvalue weighted by Crippen LogP contribution is -2.12. The molecule has 0 atom stereocenters. The maximum atomic E-state index is 11.2. The van der Waals surface area contributed by atoms with Gasteiger partial charge >= 0.3 is 0 Å². The van der Waals surface area contributed by atoms with Crippen LogP contribution in [0.4, 0.5) is 0 Å². The van der Waals surface area contributed by atoms with E-state index in [2.05, 4.69) is 9.73 Å². The third-order valence-electron chi connectivity index (χ3n) is 1.41. The Labute approximate surface area is 65.5 Å². The number of methoxy groups -OCH3 is 1. The lowest BCUT2D eigenvalue weighted by Gasteiger charge is -1.99. The first-order valence-electron chi connectivity index (χ1n) is 3.06. The van der Waals surface area contributed by atoms with Gasteiger partial charge in [0.25, 0.3) is 0 Å². The molecule has 0 aliphatic carbocycles. The van der Waals surface area contributed by atoms with Gasteiger partial charge in [-0.05, 0) is 6.92 Å². The van der Waals surface area contributed by atoms with Gasteiger partial charge in [0.15, 0.2) is 0 Å². The van der Waals surface area contributed by atoms with E-state index in [0.717, 1.165) is 0 Å². The number of aliphatic imine (C=N–C) groups is 1. The number of rotatable bonds is 2. The zero-order valence-electron chi connectivity index (χ0n) is 6.36. The van der Waals surface area contributed by atoms with E-state index in [1.54, 1.807) is 0 Å². The van der Waals surface area contributed by atoms with Gasteiger partial charge < -0.3 is 4.74 Å². The zero-order chi connectivity index (χ0) is 8.48. The molecule has 1 rings (SSSR count). The Morgan fingerprint density at radius 2 is 2.27 bits per heavy atom. The van der Waals surface area contributed by atoms with Gasteiger partial charge in [0, 0.05) is 13.3 Å². The molecule has 0 N–H and O–H groups in total. The SMILES string of the molecule is COCC1=CN=C(C)S1(=O)=O. The Morgan fingerprint density at radius 1 is 1.64 bits per heavy atom. The molecule has 0 fully saturated rings. The molecule has 62 valence electrons. The summed E-state index contributed by atoms with van der Waals surface area (Å²) < 4.78 is 27.1. The average molecular weight is 175 g/mol. The van der Waals surface area contributed by atoms with Crippen LogP contribution < -0.4 is 0 Å². The van der Waals surface area contributed by atoms with Crippen molar-refractivity contribution >= 4 is 14.9 Å². The third-order valence-corrected chi connectivity index (χ3v) is 3.21. The van der Waals surface area contributed by atoms with Crippen LogP contribution >= 0.6 is 0 Å². The molecular formula is C6H9NO3S. The summed E-state index contributed by atoms with van der Waals surface area (Å²) in [5.74, 6) is 0. The third kappa shape index (κ3) is 1.34. The summed E-state index contributed by atoms with van der Waals surface area (Å²) in [6.07, 6.45) is 1.33. The smallest absolute Gasteiger partial charge is 0.219 e. The van der Waals surface area contributed by atoms with E-state index in [1.807, 2.05) is 0 Å². The Kier molecular flexibility index (Phi) is 2.10. The van der Waals surface area contributed by atoms with Gasteiger partial charge in [0.05, 0.1) is 11.5 Å². The van der Waals surface area contributed by atoms with Crippen molar-refractivity contribution in [1.29, 1.82) is 0 Å². The fourth-order valence-electron chi connectivity index (χ4n) is 0.748. The first-order valence-corrected chi connectivity index (χ1v) is 4.55. The van der Waals surface area contributed by atoms with Crippen molar-refractivity contribution in [2.24, 2.45) is 4.99 Å². The van der Waals surface area contributed by atoms with Gasteiger partial charge in [0.2, 0.25) is 9.84 Å². The number of nitrogens with zero attached hydrogens (tertiary/aromatic N) is 1. The first kappa shape index (κ1) is 8.42. The van der Waals surface area contributed by atoms with E-state index in [4.69, 9.17) is 0 Å². The van der Waals surface area contributed by atoms with Crippen LogP contribution in [-0.4, -0.2) is 27.2 Å². The second-order valence-electron chi connectivity index (χ2n) is 2.18. The molecule has 0 amide bonds. The normalized spacial score (nSPS) is 21.3. The minimum absolute atomic E-state index is 0.100. The summed E-state index contributed by atoms with van der Waals surface area (Å²) in [5, 5.41) is 0.143. The van der Waals surface area contributed by atoms with Crippen LogP contribution in [0, 0.1) is 0 Å². The monoisotopic (exact) mass is 175 g/mol. The predicted molar refractivity (Wildman–Crippen MR) is 42.0 cm³/mol. The molecule has 0 radical (unpaired) electrons. The number of ether oxygens (including phenoxy) is 1.